The number of halogens is 2. The van der Waals surface area contributed by atoms with Crippen molar-refractivity contribution in [3.63, 3.8) is 0 Å². The van der Waals surface area contributed by atoms with Gasteiger partial charge in [0.2, 0.25) is 0 Å². The van der Waals surface area contributed by atoms with Crippen LogP contribution in [0.3, 0.4) is 0 Å². The first-order valence-electron chi connectivity index (χ1n) is 7.90. The van der Waals surface area contributed by atoms with E-state index in [0.717, 1.165) is 12.5 Å². The van der Waals surface area contributed by atoms with E-state index in [0.29, 0.717) is 43.0 Å². The van der Waals surface area contributed by atoms with Crippen molar-refractivity contribution in [2.45, 2.75) is 19.4 Å². The number of fused-ring (bicyclic) bond motifs is 2. The summed E-state index contributed by atoms with van der Waals surface area (Å²) in [6.07, 6.45) is 3.16. The van der Waals surface area contributed by atoms with E-state index in [-0.39, 0.29) is 5.69 Å². The highest BCUT2D eigenvalue weighted by molar-refractivity contribution is 5.56. The van der Waals surface area contributed by atoms with Gasteiger partial charge in [0, 0.05) is 25.4 Å². The molecular formula is C17H16F2N4O. The molecule has 0 aliphatic carbocycles. The van der Waals surface area contributed by atoms with Crippen molar-refractivity contribution in [3.05, 3.63) is 64.2 Å². The fraction of sp³-hybridized carbons (Fsp3) is 0.294. The number of rotatable bonds is 3. The van der Waals surface area contributed by atoms with Crippen LogP contribution in [0.2, 0.25) is 0 Å². The Labute approximate surface area is 136 Å². The van der Waals surface area contributed by atoms with Crippen LogP contribution in [0.25, 0.3) is 5.65 Å². The van der Waals surface area contributed by atoms with E-state index in [1.165, 1.54) is 15.1 Å². The molecule has 0 N–H and O–H groups in total. The maximum absolute atomic E-state index is 14.2. The normalized spacial score (nSPS) is 14.2. The number of hydrogen-bond acceptors (Lipinski definition) is 3. The Balaban J connectivity index is 1.61. The van der Waals surface area contributed by atoms with Crippen LogP contribution in [0.1, 0.15) is 12.0 Å². The molecule has 0 unspecified atom stereocenters. The van der Waals surface area contributed by atoms with Crippen molar-refractivity contribution in [2.75, 3.05) is 18.0 Å². The van der Waals surface area contributed by atoms with Crippen molar-refractivity contribution in [3.8, 4) is 0 Å². The molecule has 3 aromatic rings. The molecule has 1 aliphatic heterocycles. The highest BCUT2D eigenvalue weighted by Crippen LogP contribution is 2.30. The van der Waals surface area contributed by atoms with Gasteiger partial charge in [0.05, 0.1) is 12.2 Å². The van der Waals surface area contributed by atoms with Crippen LogP contribution >= 0.6 is 0 Å². The second kappa shape index (κ2) is 5.74. The van der Waals surface area contributed by atoms with Crippen LogP contribution in [0.5, 0.6) is 0 Å². The van der Waals surface area contributed by atoms with Gasteiger partial charge in [-0.25, -0.2) is 18.3 Å². The van der Waals surface area contributed by atoms with E-state index in [1.54, 1.807) is 18.3 Å². The summed E-state index contributed by atoms with van der Waals surface area (Å²) in [6.45, 7) is 1.47. The lowest BCUT2D eigenvalue weighted by molar-refractivity contribution is 0.537. The van der Waals surface area contributed by atoms with Crippen molar-refractivity contribution < 1.29 is 8.78 Å². The minimum absolute atomic E-state index is 0.220. The summed E-state index contributed by atoms with van der Waals surface area (Å²) in [4.78, 5) is 14.1. The third kappa shape index (κ3) is 2.46. The topological polar surface area (TPSA) is 42.5 Å². The molecule has 0 saturated carbocycles. The van der Waals surface area contributed by atoms with Gasteiger partial charge in [-0.15, -0.1) is 5.10 Å². The molecule has 4 rings (SSSR count). The molecule has 5 nitrogen and oxygen atoms in total. The van der Waals surface area contributed by atoms with E-state index in [1.807, 2.05) is 11.0 Å². The average molecular weight is 330 g/mol. The summed E-state index contributed by atoms with van der Waals surface area (Å²) < 4.78 is 30.4. The van der Waals surface area contributed by atoms with Crippen molar-refractivity contribution in [1.29, 1.82) is 0 Å². The fourth-order valence-corrected chi connectivity index (χ4v) is 3.29. The first-order valence-corrected chi connectivity index (χ1v) is 7.90. The molecule has 0 fully saturated rings. The van der Waals surface area contributed by atoms with Gasteiger partial charge in [0.25, 0.3) is 0 Å². The number of benzene rings is 1. The minimum Gasteiger partial charge on any atom is -0.367 e. The van der Waals surface area contributed by atoms with Gasteiger partial charge < -0.3 is 4.90 Å². The summed E-state index contributed by atoms with van der Waals surface area (Å²) in [5, 5.41) is 4.28. The van der Waals surface area contributed by atoms with Gasteiger partial charge in [0.1, 0.15) is 11.6 Å². The number of nitrogens with zero attached hydrogens (tertiary/aromatic N) is 4. The van der Waals surface area contributed by atoms with Crippen LogP contribution in [-0.4, -0.2) is 27.3 Å². The molecule has 7 heteroatoms. The Morgan fingerprint density at radius 1 is 1.17 bits per heavy atom. The molecule has 1 aliphatic rings. The lowest BCUT2D eigenvalue weighted by atomic mass is 10.0. The van der Waals surface area contributed by atoms with Crippen molar-refractivity contribution in [1.82, 2.24) is 14.2 Å². The number of aryl methyl sites for hydroxylation is 1. The number of pyridine rings is 1. The molecule has 3 heterocycles. The van der Waals surface area contributed by atoms with Crippen LogP contribution in [0, 0.1) is 11.6 Å². The zero-order valence-electron chi connectivity index (χ0n) is 13.0. The van der Waals surface area contributed by atoms with Gasteiger partial charge in [-0.2, -0.15) is 0 Å². The summed E-state index contributed by atoms with van der Waals surface area (Å²) in [6, 6.07) is 7.65. The standard InChI is InChI=1S/C17H16F2N4O/c18-13-10-12-4-3-6-21(16(12)14(19)11-13)8-9-23-17(24)22-7-2-1-5-15(22)20-23/h1-2,5,7,10-11H,3-4,6,8-9H2. The number of aromatic nitrogens is 3. The molecule has 124 valence electrons. The van der Waals surface area contributed by atoms with Crippen LogP contribution < -0.4 is 10.6 Å². The molecule has 2 aromatic heterocycles. The Hall–Kier alpha value is -2.70. The van der Waals surface area contributed by atoms with Gasteiger partial charge in [0.15, 0.2) is 5.65 Å². The van der Waals surface area contributed by atoms with Gasteiger partial charge in [-0.05, 0) is 36.6 Å². The number of anilines is 1. The number of hydrogen-bond donors (Lipinski definition) is 0. The van der Waals surface area contributed by atoms with Crippen LogP contribution in [-0.2, 0) is 13.0 Å². The van der Waals surface area contributed by atoms with Gasteiger partial charge in [-0.3, -0.25) is 4.40 Å². The molecule has 0 bridgehead atoms. The lowest BCUT2D eigenvalue weighted by Crippen LogP contribution is -2.35. The quantitative estimate of drug-likeness (QED) is 0.740. The van der Waals surface area contributed by atoms with Gasteiger partial charge >= 0.3 is 5.69 Å². The maximum atomic E-state index is 14.2. The predicted molar refractivity (Wildman–Crippen MR) is 86.3 cm³/mol. The molecule has 1 aromatic carbocycles. The Kier molecular flexibility index (Phi) is 3.55. The second-order valence-corrected chi connectivity index (χ2v) is 5.92. The van der Waals surface area contributed by atoms with E-state index >= 15 is 0 Å². The summed E-state index contributed by atoms with van der Waals surface area (Å²) >= 11 is 0. The second-order valence-electron chi connectivity index (χ2n) is 5.92. The van der Waals surface area contributed by atoms with Crippen LogP contribution in [0.4, 0.5) is 14.5 Å². The zero-order valence-corrected chi connectivity index (χ0v) is 13.0. The van der Waals surface area contributed by atoms with Gasteiger partial charge in [-0.1, -0.05) is 6.07 Å². The molecule has 0 spiro atoms. The third-order valence-electron chi connectivity index (χ3n) is 4.37. The van der Waals surface area contributed by atoms with Crippen LogP contribution in [0.15, 0.2) is 41.3 Å². The average Bonchev–Trinajstić information content (AvgIpc) is 2.89. The molecule has 0 atom stereocenters. The van der Waals surface area contributed by atoms with E-state index in [4.69, 9.17) is 0 Å². The molecule has 0 saturated heterocycles. The molecule has 0 radical (unpaired) electrons. The van der Waals surface area contributed by atoms with E-state index in [9.17, 15) is 13.6 Å². The fourth-order valence-electron chi connectivity index (χ4n) is 3.29. The van der Waals surface area contributed by atoms with Crippen molar-refractivity contribution in [2.24, 2.45) is 0 Å². The largest absolute Gasteiger partial charge is 0.367 e. The zero-order chi connectivity index (χ0) is 16.7. The SMILES string of the molecule is O=c1n(CCN2CCCc3cc(F)cc(F)c32)nc2ccccn12. The summed E-state index contributed by atoms with van der Waals surface area (Å²) in [5.74, 6) is -1.10. The van der Waals surface area contributed by atoms with Crippen molar-refractivity contribution >= 4 is 11.3 Å². The molecule has 0 amide bonds. The lowest BCUT2D eigenvalue weighted by Gasteiger charge is -2.31. The Bertz CT molecular complexity index is 963. The highest BCUT2D eigenvalue weighted by atomic mass is 19.1. The third-order valence-corrected chi connectivity index (χ3v) is 4.37. The first kappa shape index (κ1) is 14.9. The smallest absolute Gasteiger partial charge is 0.350 e. The van der Waals surface area contributed by atoms with E-state index in [2.05, 4.69) is 5.10 Å². The monoisotopic (exact) mass is 330 g/mol. The minimum atomic E-state index is -0.551. The molecule has 24 heavy (non-hydrogen) atoms. The Morgan fingerprint density at radius 2 is 2.04 bits per heavy atom. The summed E-state index contributed by atoms with van der Waals surface area (Å²) in [5.41, 5.74) is 1.48. The maximum Gasteiger partial charge on any atom is 0.350 e. The summed E-state index contributed by atoms with van der Waals surface area (Å²) in [7, 11) is 0. The van der Waals surface area contributed by atoms with E-state index < -0.39 is 11.6 Å². The molecular weight excluding hydrogens is 314 g/mol. The highest BCUT2D eigenvalue weighted by Gasteiger charge is 2.22. The predicted octanol–water partition coefficient (Wildman–Crippen LogP) is 2.23. The first-order chi connectivity index (χ1) is 11.6. The Morgan fingerprint density at radius 3 is 2.88 bits per heavy atom.